The summed E-state index contributed by atoms with van der Waals surface area (Å²) < 4.78 is 32.1. The SMILES string of the molecule is CC(C)(C)OC(=O)N1CC[C@@](C)(O)[C@@H]1COS(C)(=O)=O. The summed E-state index contributed by atoms with van der Waals surface area (Å²) in [4.78, 5) is 13.4. The number of rotatable bonds is 3. The largest absolute Gasteiger partial charge is 0.444 e. The molecule has 2 atom stereocenters. The second-order valence-electron chi connectivity index (χ2n) is 6.29. The van der Waals surface area contributed by atoms with Gasteiger partial charge in [-0.2, -0.15) is 8.42 Å². The van der Waals surface area contributed by atoms with Gasteiger partial charge in [-0.15, -0.1) is 0 Å². The van der Waals surface area contributed by atoms with Crippen LogP contribution in [0, 0.1) is 0 Å². The van der Waals surface area contributed by atoms with E-state index in [1.807, 2.05) is 0 Å². The van der Waals surface area contributed by atoms with Gasteiger partial charge in [-0.1, -0.05) is 0 Å². The average molecular weight is 309 g/mol. The zero-order valence-electron chi connectivity index (χ0n) is 12.5. The number of aliphatic hydroxyl groups is 1. The van der Waals surface area contributed by atoms with Crippen LogP contribution in [0.3, 0.4) is 0 Å². The van der Waals surface area contributed by atoms with E-state index in [0.717, 1.165) is 6.26 Å². The monoisotopic (exact) mass is 309 g/mol. The van der Waals surface area contributed by atoms with Gasteiger partial charge in [0.25, 0.3) is 10.1 Å². The van der Waals surface area contributed by atoms with Crippen molar-refractivity contribution in [2.24, 2.45) is 0 Å². The lowest BCUT2D eigenvalue weighted by Gasteiger charge is -2.32. The molecule has 0 bridgehead atoms. The van der Waals surface area contributed by atoms with Crippen molar-refractivity contribution in [2.75, 3.05) is 19.4 Å². The van der Waals surface area contributed by atoms with Crippen LogP contribution in [0.2, 0.25) is 0 Å². The molecule has 0 radical (unpaired) electrons. The third kappa shape index (κ3) is 4.92. The smallest absolute Gasteiger partial charge is 0.410 e. The lowest BCUT2D eigenvalue weighted by molar-refractivity contribution is -0.0179. The van der Waals surface area contributed by atoms with Gasteiger partial charge < -0.3 is 9.84 Å². The number of ether oxygens (including phenoxy) is 1. The first-order valence-corrected chi connectivity index (χ1v) is 8.20. The normalized spacial score (nSPS) is 27.7. The van der Waals surface area contributed by atoms with Gasteiger partial charge in [0.2, 0.25) is 0 Å². The number of carbonyl (C=O) groups is 1. The van der Waals surface area contributed by atoms with Crippen molar-refractivity contribution in [1.82, 2.24) is 4.90 Å². The molecule has 8 heteroatoms. The number of nitrogens with zero attached hydrogens (tertiary/aromatic N) is 1. The van der Waals surface area contributed by atoms with E-state index in [1.54, 1.807) is 27.7 Å². The predicted molar refractivity (Wildman–Crippen MR) is 72.8 cm³/mol. The molecule has 0 unspecified atom stereocenters. The van der Waals surface area contributed by atoms with Crippen LogP contribution in [-0.2, 0) is 19.0 Å². The van der Waals surface area contributed by atoms with Gasteiger partial charge in [0, 0.05) is 6.54 Å². The molecule has 0 aliphatic carbocycles. The van der Waals surface area contributed by atoms with E-state index in [4.69, 9.17) is 8.92 Å². The molecule has 1 amide bonds. The first-order chi connectivity index (χ1) is 8.82. The summed E-state index contributed by atoms with van der Waals surface area (Å²) in [5.74, 6) is 0. The maximum absolute atomic E-state index is 12.1. The summed E-state index contributed by atoms with van der Waals surface area (Å²) in [6.07, 6.45) is 0.677. The molecule has 118 valence electrons. The molecule has 0 aromatic heterocycles. The van der Waals surface area contributed by atoms with E-state index < -0.39 is 33.5 Å². The predicted octanol–water partition coefficient (Wildman–Crippen LogP) is 0.723. The lowest BCUT2D eigenvalue weighted by Crippen LogP contribution is -2.49. The van der Waals surface area contributed by atoms with Crippen LogP contribution >= 0.6 is 0 Å². The van der Waals surface area contributed by atoms with Gasteiger partial charge in [-0.25, -0.2) is 4.79 Å². The first kappa shape index (κ1) is 17.2. The Hall–Kier alpha value is -0.860. The number of hydrogen-bond acceptors (Lipinski definition) is 6. The average Bonchev–Trinajstić information content (AvgIpc) is 2.47. The summed E-state index contributed by atoms with van der Waals surface area (Å²) >= 11 is 0. The van der Waals surface area contributed by atoms with Crippen molar-refractivity contribution in [3.05, 3.63) is 0 Å². The minimum absolute atomic E-state index is 0.287. The maximum atomic E-state index is 12.1. The molecule has 1 heterocycles. The van der Waals surface area contributed by atoms with Crippen molar-refractivity contribution < 1.29 is 27.2 Å². The van der Waals surface area contributed by atoms with Crippen molar-refractivity contribution >= 4 is 16.2 Å². The zero-order valence-corrected chi connectivity index (χ0v) is 13.4. The fourth-order valence-corrected chi connectivity index (χ4v) is 2.38. The quantitative estimate of drug-likeness (QED) is 0.772. The molecule has 1 N–H and O–H groups in total. The Kier molecular flexibility index (Phi) is 4.72. The van der Waals surface area contributed by atoms with E-state index in [0.29, 0.717) is 13.0 Å². The van der Waals surface area contributed by atoms with E-state index in [2.05, 4.69) is 0 Å². The van der Waals surface area contributed by atoms with Gasteiger partial charge >= 0.3 is 6.09 Å². The van der Waals surface area contributed by atoms with Crippen molar-refractivity contribution in [3.8, 4) is 0 Å². The number of hydrogen-bond donors (Lipinski definition) is 1. The standard InChI is InChI=1S/C12H23NO6S/c1-11(2,3)19-10(14)13-7-6-12(4,15)9(13)8-18-20(5,16)17/h9,15H,6-8H2,1-5H3/t9-,12+/m0/s1. The van der Waals surface area contributed by atoms with E-state index in [1.165, 1.54) is 4.90 Å². The molecule has 1 aliphatic heterocycles. The third-order valence-corrected chi connectivity index (χ3v) is 3.59. The summed E-state index contributed by atoms with van der Waals surface area (Å²) in [6, 6.07) is -0.757. The first-order valence-electron chi connectivity index (χ1n) is 6.38. The van der Waals surface area contributed by atoms with Gasteiger partial charge in [-0.05, 0) is 34.1 Å². The van der Waals surface area contributed by atoms with Crippen molar-refractivity contribution in [2.45, 2.75) is 51.4 Å². The molecule has 1 rings (SSSR count). The molecule has 1 saturated heterocycles. The van der Waals surface area contributed by atoms with Crippen molar-refractivity contribution in [1.29, 1.82) is 0 Å². The highest BCUT2D eigenvalue weighted by Crippen LogP contribution is 2.30. The molecule has 0 spiro atoms. The zero-order chi connectivity index (χ0) is 15.8. The number of amides is 1. The van der Waals surface area contributed by atoms with E-state index in [-0.39, 0.29) is 6.61 Å². The fourth-order valence-electron chi connectivity index (χ4n) is 2.00. The molecular formula is C12H23NO6S. The molecule has 20 heavy (non-hydrogen) atoms. The van der Waals surface area contributed by atoms with Gasteiger partial charge in [0.1, 0.15) is 5.60 Å². The minimum Gasteiger partial charge on any atom is -0.444 e. The molecule has 0 aromatic carbocycles. The van der Waals surface area contributed by atoms with Crippen LogP contribution in [0.5, 0.6) is 0 Å². The second kappa shape index (κ2) is 5.50. The van der Waals surface area contributed by atoms with Crippen LogP contribution < -0.4 is 0 Å². The Morgan fingerprint density at radius 1 is 1.45 bits per heavy atom. The Labute approximate surface area is 120 Å². The highest BCUT2D eigenvalue weighted by molar-refractivity contribution is 7.85. The maximum Gasteiger partial charge on any atom is 0.410 e. The minimum atomic E-state index is -3.64. The topological polar surface area (TPSA) is 93.1 Å². The van der Waals surface area contributed by atoms with Gasteiger partial charge in [0.15, 0.2) is 0 Å². The fraction of sp³-hybridized carbons (Fsp3) is 0.917. The van der Waals surface area contributed by atoms with Crippen LogP contribution in [-0.4, -0.2) is 61.2 Å². The second-order valence-corrected chi connectivity index (χ2v) is 7.93. The third-order valence-electron chi connectivity index (χ3n) is 3.02. The van der Waals surface area contributed by atoms with Crippen LogP contribution in [0.1, 0.15) is 34.1 Å². The van der Waals surface area contributed by atoms with Crippen LogP contribution in [0.15, 0.2) is 0 Å². The Morgan fingerprint density at radius 3 is 2.45 bits per heavy atom. The molecule has 1 aliphatic rings. The Bertz CT molecular complexity index is 465. The summed E-state index contributed by atoms with van der Waals surface area (Å²) in [5, 5.41) is 10.2. The number of likely N-dealkylation sites (tertiary alicyclic amines) is 1. The van der Waals surface area contributed by atoms with E-state index >= 15 is 0 Å². The Morgan fingerprint density at radius 2 is 2.00 bits per heavy atom. The van der Waals surface area contributed by atoms with Crippen molar-refractivity contribution in [3.63, 3.8) is 0 Å². The molecule has 0 saturated carbocycles. The van der Waals surface area contributed by atoms with E-state index in [9.17, 15) is 18.3 Å². The summed E-state index contributed by atoms with van der Waals surface area (Å²) in [6.45, 7) is 6.77. The molecule has 0 aromatic rings. The molecule has 7 nitrogen and oxygen atoms in total. The lowest BCUT2D eigenvalue weighted by atomic mass is 9.98. The van der Waals surface area contributed by atoms with Crippen LogP contribution in [0.25, 0.3) is 0 Å². The highest BCUT2D eigenvalue weighted by atomic mass is 32.2. The number of carbonyl (C=O) groups excluding carboxylic acids is 1. The molecule has 1 fully saturated rings. The molecular weight excluding hydrogens is 286 g/mol. The summed E-state index contributed by atoms with van der Waals surface area (Å²) in [5.41, 5.74) is -1.87. The Balaban J connectivity index is 2.82. The van der Waals surface area contributed by atoms with Crippen LogP contribution in [0.4, 0.5) is 4.79 Å². The van der Waals surface area contributed by atoms with Gasteiger partial charge in [0.05, 0.1) is 24.5 Å². The summed E-state index contributed by atoms with van der Waals surface area (Å²) in [7, 11) is -3.64. The highest BCUT2D eigenvalue weighted by Gasteiger charge is 2.46. The van der Waals surface area contributed by atoms with Gasteiger partial charge in [-0.3, -0.25) is 9.08 Å².